The summed E-state index contributed by atoms with van der Waals surface area (Å²) in [5.74, 6) is 1.42. The average molecular weight is 469 g/mol. The topological polar surface area (TPSA) is 75.8 Å². The zero-order valence-corrected chi connectivity index (χ0v) is 19.7. The largest absolute Gasteiger partial charge is 0.493 e. The molecule has 1 aliphatic rings. The normalized spacial score (nSPS) is 15.5. The Kier molecular flexibility index (Phi) is 6.64. The molecule has 0 spiro atoms. The molecule has 1 N–H and O–H groups in total. The molecule has 6 heteroatoms. The number of carboxylic acids is 1. The molecule has 1 unspecified atom stereocenters. The molecular weight excluding hydrogens is 440 g/mol. The Hall–Kier alpha value is -3.90. The van der Waals surface area contributed by atoms with Crippen LogP contribution in [-0.2, 0) is 30.7 Å². The van der Waals surface area contributed by atoms with Crippen molar-refractivity contribution < 1.29 is 19.1 Å². The van der Waals surface area contributed by atoms with E-state index in [9.17, 15) is 9.90 Å². The van der Waals surface area contributed by atoms with Crippen LogP contribution in [0.5, 0.6) is 5.75 Å². The van der Waals surface area contributed by atoms with E-state index in [1.807, 2.05) is 90.7 Å². The highest BCUT2D eigenvalue weighted by atomic mass is 16.5. The van der Waals surface area contributed by atoms with Crippen molar-refractivity contribution in [2.24, 2.45) is 0 Å². The van der Waals surface area contributed by atoms with Crippen molar-refractivity contribution in [1.82, 2.24) is 9.88 Å². The highest BCUT2D eigenvalue weighted by molar-refractivity contribution is 5.74. The van der Waals surface area contributed by atoms with Crippen LogP contribution in [0.1, 0.15) is 28.1 Å². The molecule has 2 heterocycles. The van der Waals surface area contributed by atoms with Crippen LogP contribution in [0.3, 0.4) is 0 Å². The summed E-state index contributed by atoms with van der Waals surface area (Å²) >= 11 is 0. The third-order valence-corrected chi connectivity index (χ3v) is 6.44. The number of nitrogens with zero attached hydrogens (tertiary/aromatic N) is 2. The number of aliphatic carboxylic acids is 1. The van der Waals surface area contributed by atoms with E-state index in [0.29, 0.717) is 38.4 Å². The highest BCUT2D eigenvalue weighted by Gasteiger charge is 2.31. The molecule has 0 radical (unpaired) electrons. The quantitative estimate of drug-likeness (QED) is 0.379. The van der Waals surface area contributed by atoms with Gasteiger partial charge in [-0.1, -0.05) is 54.6 Å². The summed E-state index contributed by atoms with van der Waals surface area (Å²) in [5.41, 5.74) is 5.12. The van der Waals surface area contributed by atoms with Crippen molar-refractivity contribution in [3.05, 3.63) is 107 Å². The summed E-state index contributed by atoms with van der Waals surface area (Å²) in [6, 6.07) is 25.3. The maximum Gasteiger partial charge on any atom is 0.321 e. The van der Waals surface area contributed by atoms with Crippen LogP contribution in [0.2, 0.25) is 0 Å². The third-order valence-electron chi connectivity index (χ3n) is 6.44. The Morgan fingerprint density at radius 3 is 2.54 bits per heavy atom. The van der Waals surface area contributed by atoms with E-state index in [0.717, 1.165) is 39.5 Å². The molecule has 0 fully saturated rings. The Balaban J connectivity index is 1.25. The van der Waals surface area contributed by atoms with Gasteiger partial charge in [0, 0.05) is 25.1 Å². The number of aryl methyl sites for hydroxylation is 1. The van der Waals surface area contributed by atoms with Gasteiger partial charge in [0.05, 0.1) is 12.3 Å². The molecule has 0 amide bonds. The summed E-state index contributed by atoms with van der Waals surface area (Å²) in [7, 11) is 0. The fraction of sp³-hybridized carbons (Fsp3) is 0.241. The van der Waals surface area contributed by atoms with E-state index in [2.05, 4.69) is 4.98 Å². The maximum atomic E-state index is 11.9. The Bertz CT molecular complexity index is 1300. The SMILES string of the molecule is Cc1oc(-c2ccccc2)nc1CCOc1ccc2c(c1)CN(Cc1ccccc1)C(C(=O)O)C2. The fourth-order valence-corrected chi connectivity index (χ4v) is 4.56. The minimum atomic E-state index is -0.787. The molecular formula is C29H28N2O4. The first-order valence-electron chi connectivity index (χ1n) is 11.8. The van der Waals surface area contributed by atoms with E-state index < -0.39 is 12.0 Å². The first-order valence-corrected chi connectivity index (χ1v) is 11.8. The van der Waals surface area contributed by atoms with Crippen molar-refractivity contribution in [1.29, 1.82) is 0 Å². The standard InChI is InChI=1S/C29H28N2O4/c1-20-26(30-28(35-20)22-10-6-3-7-11-22)14-15-34-25-13-12-23-17-27(29(32)33)31(19-24(23)16-25)18-21-8-4-2-5-9-21/h2-13,16,27H,14-15,17-19H2,1H3,(H,32,33). The molecule has 1 aliphatic heterocycles. The molecule has 178 valence electrons. The van der Waals surface area contributed by atoms with Crippen LogP contribution in [-0.4, -0.2) is 33.6 Å². The van der Waals surface area contributed by atoms with Gasteiger partial charge in [0.15, 0.2) is 0 Å². The van der Waals surface area contributed by atoms with Gasteiger partial charge in [0.1, 0.15) is 17.6 Å². The Morgan fingerprint density at radius 1 is 1.06 bits per heavy atom. The van der Waals surface area contributed by atoms with Crippen LogP contribution in [0.15, 0.2) is 83.3 Å². The summed E-state index contributed by atoms with van der Waals surface area (Å²) < 4.78 is 11.9. The van der Waals surface area contributed by atoms with Crippen molar-refractivity contribution >= 4 is 5.97 Å². The lowest BCUT2D eigenvalue weighted by molar-refractivity contribution is -0.144. The van der Waals surface area contributed by atoms with Crippen LogP contribution in [0, 0.1) is 6.92 Å². The number of benzene rings is 3. The molecule has 35 heavy (non-hydrogen) atoms. The predicted molar refractivity (Wildman–Crippen MR) is 133 cm³/mol. The van der Waals surface area contributed by atoms with Gasteiger partial charge in [-0.3, -0.25) is 9.69 Å². The van der Waals surface area contributed by atoms with Crippen LogP contribution in [0.4, 0.5) is 0 Å². The van der Waals surface area contributed by atoms with Crippen molar-refractivity contribution in [3.8, 4) is 17.2 Å². The van der Waals surface area contributed by atoms with Crippen molar-refractivity contribution in [2.75, 3.05) is 6.61 Å². The van der Waals surface area contributed by atoms with Crippen LogP contribution in [0.25, 0.3) is 11.5 Å². The molecule has 5 rings (SSSR count). The number of aromatic nitrogens is 1. The van der Waals surface area contributed by atoms with Gasteiger partial charge in [-0.05, 0) is 54.3 Å². The summed E-state index contributed by atoms with van der Waals surface area (Å²) in [5, 5.41) is 9.81. The second-order valence-corrected chi connectivity index (χ2v) is 8.87. The van der Waals surface area contributed by atoms with Gasteiger partial charge in [0.25, 0.3) is 0 Å². The van der Waals surface area contributed by atoms with E-state index >= 15 is 0 Å². The summed E-state index contributed by atoms with van der Waals surface area (Å²) in [4.78, 5) is 18.6. The first-order chi connectivity index (χ1) is 17.1. The number of ether oxygens (including phenoxy) is 1. The van der Waals surface area contributed by atoms with E-state index in [1.165, 1.54) is 0 Å². The number of carbonyl (C=O) groups is 1. The molecule has 0 saturated carbocycles. The zero-order chi connectivity index (χ0) is 24.2. The van der Waals surface area contributed by atoms with Crippen LogP contribution < -0.4 is 4.74 Å². The van der Waals surface area contributed by atoms with Gasteiger partial charge >= 0.3 is 5.97 Å². The van der Waals surface area contributed by atoms with Crippen molar-refractivity contribution in [3.63, 3.8) is 0 Å². The van der Waals surface area contributed by atoms with Gasteiger partial charge in [-0.2, -0.15) is 0 Å². The molecule has 0 saturated heterocycles. The van der Waals surface area contributed by atoms with Crippen molar-refractivity contribution in [2.45, 2.75) is 38.9 Å². The first kappa shape index (κ1) is 22.9. The average Bonchev–Trinajstić information content (AvgIpc) is 3.25. The fourth-order valence-electron chi connectivity index (χ4n) is 4.56. The van der Waals surface area contributed by atoms with Gasteiger partial charge < -0.3 is 14.3 Å². The molecule has 6 nitrogen and oxygen atoms in total. The van der Waals surface area contributed by atoms with E-state index in [4.69, 9.17) is 9.15 Å². The van der Waals surface area contributed by atoms with Crippen LogP contribution >= 0.6 is 0 Å². The minimum absolute atomic E-state index is 0.478. The van der Waals surface area contributed by atoms with E-state index in [1.54, 1.807) is 0 Å². The second-order valence-electron chi connectivity index (χ2n) is 8.87. The van der Waals surface area contributed by atoms with Gasteiger partial charge in [-0.25, -0.2) is 4.98 Å². The van der Waals surface area contributed by atoms with Gasteiger partial charge in [-0.15, -0.1) is 0 Å². The Labute approximate surface area is 204 Å². The lowest BCUT2D eigenvalue weighted by Gasteiger charge is -2.34. The lowest BCUT2D eigenvalue weighted by atomic mass is 9.93. The molecule has 0 bridgehead atoms. The number of oxazole rings is 1. The number of carboxylic acid groups (broad SMARTS) is 1. The zero-order valence-electron chi connectivity index (χ0n) is 19.7. The Morgan fingerprint density at radius 2 is 1.80 bits per heavy atom. The number of hydrogen-bond acceptors (Lipinski definition) is 5. The molecule has 4 aromatic rings. The molecule has 1 aromatic heterocycles. The minimum Gasteiger partial charge on any atom is -0.493 e. The highest BCUT2D eigenvalue weighted by Crippen LogP contribution is 2.29. The maximum absolute atomic E-state index is 11.9. The number of rotatable bonds is 8. The molecule has 1 atom stereocenters. The number of fused-ring (bicyclic) bond motifs is 1. The molecule has 0 aliphatic carbocycles. The van der Waals surface area contributed by atoms with Gasteiger partial charge in [0.2, 0.25) is 5.89 Å². The summed E-state index contributed by atoms with van der Waals surface area (Å²) in [6.07, 6.45) is 1.12. The van der Waals surface area contributed by atoms with E-state index in [-0.39, 0.29) is 0 Å². The lowest BCUT2D eigenvalue weighted by Crippen LogP contribution is -2.45. The third kappa shape index (κ3) is 5.28. The summed E-state index contributed by atoms with van der Waals surface area (Å²) in [6.45, 7) is 3.57. The second kappa shape index (κ2) is 10.2. The predicted octanol–water partition coefficient (Wildman–Crippen LogP) is 5.28. The number of hydrogen-bond donors (Lipinski definition) is 1. The monoisotopic (exact) mass is 468 g/mol. The smallest absolute Gasteiger partial charge is 0.321 e. The molecule has 3 aromatic carbocycles.